The lowest BCUT2D eigenvalue weighted by molar-refractivity contribution is -0.354. The third kappa shape index (κ3) is 5.86. The average molecular weight is 511 g/mol. The summed E-state index contributed by atoms with van der Waals surface area (Å²) in [5, 5.41) is 0.0711. The summed E-state index contributed by atoms with van der Waals surface area (Å²) in [5.41, 5.74) is 0.989. The maximum absolute atomic E-state index is 7.10. The summed E-state index contributed by atoms with van der Waals surface area (Å²) in [7, 11) is -2.66. The van der Waals surface area contributed by atoms with Crippen LogP contribution in [0.5, 0.6) is 0 Å². The molecule has 6 nitrogen and oxygen atoms in total. The first kappa shape index (κ1) is 28.0. The van der Waals surface area contributed by atoms with E-state index in [9.17, 15) is 0 Å². The molecule has 2 aliphatic heterocycles. The first-order chi connectivity index (χ1) is 15.6. The van der Waals surface area contributed by atoms with Gasteiger partial charge < -0.3 is 27.8 Å². The molecule has 3 rings (SSSR count). The third-order valence-electron chi connectivity index (χ3n) is 8.06. The summed E-state index contributed by atoms with van der Waals surface area (Å²) >= 11 is 0. The van der Waals surface area contributed by atoms with Crippen LogP contribution in [0, 0.1) is 0 Å². The zero-order valence-electron chi connectivity index (χ0n) is 23.0. The Morgan fingerprint density at radius 2 is 1.32 bits per heavy atom. The van der Waals surface area contributed by atoms with Crippen molar-refractivity contribution in [1.82, 2.24) is 0 Å². The van der Waals surface area contributed by atoms with Gasteiger partial charge in [0, 0.05) is 12.7 Å². The fraction of sp³-hybridized carbons (Fsp3) is 0.769. The molecule has 1 aromatic rings. The zero-order chi connectivity index (χ0) is 25.5. The van der Waals surface area contributed by atoms with Crippen LogP contribution >= 0.6 is 0 Å². The molecule has 0 aliphatic carbocycles. The molecule has 6 atom stereocenters. The lowest BCUT2D eigenvalue weighted by Gasteiger charge is -2.54. The Bertz CT molecular complexity index is 802. The van der Waals surface area contributed by atoms with Crippen molar-refractivity contribution in [3.63, 3.8) is 0 Å². The van der Waals surface area contributed by atoms with Crippen LogP contribution in [-0.4, -0.2) is 61.1 Å². The molecule has 2 heterocycles. The maximum atomic E-state index is 7.10. The molecule has 0 radical (unpaired) electrons. The van der Waals surface area contributed by atoms with Crippen molar-refractivity contribution in [2.75, 3.05) is 13.7 Å². The molecule has 1 aromatic carbocycles. The predicted octanol–water partition coefficient (Wildman–Crippen LogP) is 6.25. The number of hydrogen-bond donors (Lipinski definition) is 0. The number of ether oxygens (including phenoxy) is 4. The Kier molecular flexibility index (Phi) is 8.27. The quantitative estimate of drug-likeness (QED) is 0.422. The molecule has 0 spiro atoms. The van der Waals surface area contributed by atoms with Gasteiger partial charge in [-0.15, -0.1) is 0 Å². The number of hydrogen-bond acceptors (Lipinski definition) is 6. The molecule has 2 saturated heterocycles. The highest BCUT2D eigenvalue weighted by Gasteiger charge is 2.56. The minimum atomic E-state index is -2.17. The molecule has 34 heavy (non-hydrogen) atoms. The second-order valence-electron chi connectivity index (χ2n) is 12.6. The van der Waals surface area contributed by atoms with Gasteiger partial charge in [0.1, 0.15) is 24.4 Å². The molecule has 0 unspecified atom stereocenters. The molecule has 0 N–H and O–H groups in total. The molecule has 0 aromatic heterocycles. The minimum absolute atomic E-state index is 0.0345. The summed E-state index contributed by atoms with van der Waals surface area (Å²) in [6.07, 6.45) is -2.35. The Labute approximate surface area is 208 Å². The second-order valence-corrected chi connectivity index (χ2v) is 22.2. The molecule has 2 fully saturated rings. The Morgan fingerprint density at radius 3 is 1.82 bits per heavy atom. The van der Waals surface area contributed by atoms with Crippen LogP contribution in [-0.2, 0) is 27.8 Å². The van der Waals surface area contributed by atoms with Gasteiger partial charge in [-0.1, -0.05) is 71.9 Å². The molecular formula is C26H46O6Si2. The lowest BCUT2D eigenvalue weighted by Crippen LogP contribution is -2.67. The van der Waals surface area contributed by atoms with Crippen molar-refractivity contribution < 1.29 is 27.8 Å². The van der Waals surface area contributed by atoms with E-state index in [1.54, 1.807) is 7.11 Å². The van der Waals surface area contributed by atoms with E-state index in [0.29, 0.717) is 6.61 Å². The Hall–Kier alpha value is -0.586. The molecule has 194 valence electrons. The lowest BCUT2D eigenvalue weighted by atomic mass is 9.98. The van der Waals surface area contributed by atoms with Gasteiger partial charge in [0.05, 0.1) is 6.61 Å². The largest absolute Gasteiger partial charge is 0.408 e. The fourth-order valence-corrected chi connectivity index (χ4v) is 6.39. The van der Waals surface area contributed by atoms with Crippen molar-refractivity contribution >= 4 is 16.6 Å². The summed E-state index contributed by atoms with van der Waals surface area (Å²) < 4.78 is 39.0. The van der Waals surface area contributed by atoms with E-state index in [4.69, 9.17) is 27.8 Å². The van der Waals surface area contributed by atoms with Crippen LogP contribution in [0.3, 0.4) is 0 Å². The van der Waals surface area contributed by atoms with Crippen molar-refractivity contribution in [3.8, 4) is 0 Å². The normalized spacial score (nSPS) is 31.3. The fourth-order valence-electron chi connectivity index (χ4n) is 3.81. The highest BCUT2D eigenvalue weighted by molar-refractivity contribution is 6.74. The Balaban J connectivity index is 2.00. The first-order valence-corrected chi connectivity index (χ1v) is 18.2. The van der Waals surface area contributed by atoms with Crippen LogP contribution in [0.25, 0.3) is 0 Å². The smallest absolute Gasteiger partial charge is 0.192 e. The van der Waals surface area contributed by atoms with E-state index in [2.05, 4.69) is 67.7 Å². The average Bonchev–Trinajstić information content (AvgIpc) is 2.73. The van der Waals surface area contributed by atoms with Crippen molar-refractivity contribution in [2.24, 2.45) is 0 Å². The Morgan fingerprint density at radius 1 is 0.794 bits per heavy atom. The van der Waals surface area contributed by atoms with Gasteiger partial charge in [-0.2, -0.15) is 0 Å². The second kappa shape index (κ2) is 10.1. The van der Waals surface area contributed by atoms with Crippen LogP contribution in [0.2, 0.25) is 36.3 Å². The highest BCUT2D eigenvalue weighted by atomic mass is 28.4. The first-order valence-electron chi connectivity index (χ1n) is 12.4. The van der Waals surface area contributed by atoms with E-state index in [1.807, 2.05) is 30.3 Å². The van der Waals surface area contributed by atoms with E-state index in [1.165, 1.54) is 0 Å². The van der Waals surface area contributed by atoms with Crippen molar-refractivity contribution in [2.45, 2.75) is 115 Å². The topological polar surface area (TPSA) is 55.4 Å². The number of fused-ring (bicyclic) bond motifs is 1. The van der Waals surface area contributed by atoms with Gasteiger partial charge in [-0.05, 0) is 36.3 Å². The maximum Gasteiger partial charge on any atom is 0.192 e. The molecule has 0 amide bonds. The summed E-state index contributed by atoms with van der Waals surface area (Å²) in [5.74, 6) is 0. The summed E-state index contributed by atoms with van der Waals surface area (Å²) in [6.45, 7) is 23.0. The van der Waals surface area contributed by atoms with Crippen LogP contribution in [0.1, 0.15) is 53.4 Å². The van der Waals surface area contributed by atoms with Gasteiger partial charge in [0.15, 0.2) is 29.2 Å². The number of benzene rings is 1. The molecule has 0 bridgehead atoms. The van der Waals surface area contributed by atoms with Crippen molar-refractivity contribution in [3.05, 3.63) is 35.9 Å². The van der Waals surface area contributed by atoms with Gasteiger partial charge in [0.2, 0.25) is 0 Å². The number of methoxy groups -OCH3 is 1. The standard InChI is InChI=1S/C26H46O6Si2/c1-25(2,3)33(8,9)31-21-20-19(17-28-23(30-20)18-15-13-12-14-16-18)29-24(27-7)22(21)32-34(10,11)26(4,5)6/h12-16,19-24H,17H2,1-11H3/t19-,20-,21+,22-,23-,24+/m1/s1. The van der Waals surface area contributed by atoms with Gasteiger partial charge >= 0.3 is 0 Å². The van der Waals surface area contributed by atoms with Crippen molar-refractivity contribution in [1.29, 1.82) is 0 Å². The molecule has 8 heteroatoms. The minimum Gasteiger partial charge on any atom is -0.408 e. The van der Waals surface area contributed by atoms with Gasteiger partial charge in [-0.3, -0.25) is 0 Å². The van der Waals surface area contributed by atoms with E-state index >= 15 is 0 Å². The van der Waals surface area contributed by atoms with Gasteiger partial charge in [0.25, 0.3) is 0 Å². The van der Waals surface area contributed by atoms with Crippen LogP contribution in [0.15, 0.2) is 30.3 Å². The monoisotopic (exact) mass is 510 g/mol. The zero-order valence-corrected chi connectivity index (χ0v) is 25.0. The molecule has 0 saturated carbocycles. The highest BCUT2D eigenvalue weighted by Crippen LogP contribution is 2.45. The van der Waals surface area contributed by atoms with Crippen LogP contribution < -0.4 is 0 Å². The summed E-state index contributed by atoms with van der Waals surface area (Å²) in [6, 6.07) is 10.0. The predicted molar refractivity (Wildman–Crippen MR) is 140 cm³/mol. The van der Waals surface area contributed by atoms with E-state index in [0.717, 1.165) is 5.56 Å². The van der Waals surface area contributed by atoms with Gasteiger partial charge in [-0.25, -0.2) is 0 Å². The van der Waals surface area contributed by atoms with Crippen LogP contribution in [0.4, 0.5) is 0 Å². The third-order valence-corrected chi connectivity index (χ3v) is 17.0. The SMILES string of the molecule is CO[C@H]1O[C@@H]2CO[C@@H](c3ccccc3)O[C@H]2[C@H](O[Si](C)(C)C(C)(C)C)[C@H]1O[Si](C)(C)C(C)(C)C. The van der Waals surface area contributed by atoms with E-state index in [-0.39, 0.29) is 28.4 Å². The number of rotatable bonds is 6. The molecule has 2 aliphatic rings. The van der Waals surface area contributed by atoms with E-state index < -0.39 is 35.3 Å². The molecular weight excluding hydrogens is 464 g/mol. The summed E-state index contributed by atoms with van der Waals surface area (Å²) in [4.78, 5) is 0.